The molecular formula is C17H25N3O4. The summed E-state index contributed by atoms with van der Waals surface area (Å²) in [5.41, 5.74) is -1.09. The van der Waals surface area contributed by atoms with Crippen LogP contribution in [0.25, 0.3) is 0 Å². The minimum atomic E-state index is -0.990. The number of aromatic nitrogens is 2. The van der Waals surface area contributed by atoms with Gasteiger partial charge in [-0.05, 0) is 25.3 Å². The first-order valence-electron chi connectivity index (χ1n) is 8.51. The van der Waals surface area contributed by atoms with Crippen molar-refractivity contribution in [2.45, 2.75) is 64.0 Å². The van der Waals surface area contributed by atoms with E-state index in [9.17, 15) is 14.4 Å². The van der Waals surface area contributed by atoms with E-state index in [2.05, 4.69) is 10.4 Å². The number of unbranched alkanes of at least 4 members (excludes halogenated alkanes) is 1. The van der Waals surface area contributed by atoms with Crippen LogP contribution in [0.4, 0.5) is 0 Å². The summed E-state index contributed by atoms with van der Waals surface area (Å²) < 4.78 is 6.19. The molecule has 0 atom stereocenters. The molecule has 1 heterocycles. The molecule has 1 aliphatic carbocycles. The molecule has 1 aromatic rings. The Morgan fingerprint density at radius 3 is 2.62 bits per heavy atom. The fourth-order valence-electron chi connectivity index (χ4n) is 3.05. The summed E-state index contributed by atoms with van der Waals surface area (Å²) in [6, 6.07) is 2.73. The maximum absolute atomic E-state index is 12.6. The largest absolute Gasteiger partial charge is 0.467 e. The lowest BCUT2D eigenvalue weighted by Crippen LogP contribution is -2.56. The van der Waals surface area contributed by atoms with Gasteiger partial charge >= 0.3 is 5.97 Å². The van der Waals surface area contributed by atoms with Gasteiger partial charge in [0.15, 0.2) is 0 Å². The molecule has 1 amide bonds. The van der Waals surface area contributed by atoms with E-state index >= 15 is 0 Å². The van der Waals surface area contributed by atoms with E-state index in [0.717, 1.165) is 32.1 Å². The second kappa shape index (κ2) is 8.08. The Hall–Kier alpha value is -2.18. The lowest BCUT2D eigenvalue weighted by molar-refractivity contribution is -0.149. The normalized spacial score (nSPS) is 16.4. The van der Waals surface area contributed by atoms with Gasteiger partial charge in [-0.1, -0.05) is 32.6 Å². The van der Waals surface area contributed by atoms with Crippen LogP contribution >= 0.6 is 0 Å². The van der Waals surface area contributed by atoms with Crippen LogP contribution in [0.1, 0.15) is 62.4 Å². The highest BCUT2D eigenvalue weighted by Gasteiger charge is 2.42. The van der Waals surface area contributed by atoms with Crippen molar-refractivity contribution in [2.75, 3.05) is 7.11 Å². The highest BCUT2D eigenvalue weighted by molar-refractivity contribution is 5.96. The van der Waals surface area contributed by atoms with Crippen LogP contribution in [0.2, 0.25) is 0 Å². The van der Waals surface area contributed by atoms with Crippen molar-refractivity contribution in [1.29, 1.82) is 0 Å². The second-order valence-electron chi connectivity index (χ2n) is 6.22. The summed E-state index contributed by atoms with van der Waals surface area (Å²) in [5, 5.41) is 6.94. The number of hydrogen-bond acceptors (Lipinski definition) is 5. The number of carbonyl (C=O) groups excluding carboxylic acids is 2. The predicted molar refractivity (Wildman–Crippen MR) is 88.7 cm³/mol. The minimum Gasteiger partial charge on any atom is -0.467 e. The highest BCUT2D eigenvalue weighted by Crippen LogP contribution is 2.29. The van der Waals surface area contributed by atoms with E-state index in [1.54, 1.807) is 0 Å². The van der Waals surface area contributed by atoms with Crippen LogP contribution in [0.3, 0.4) is 0 Å². The summed E-state index contributed by atoms with van der Waals surface area (Å²) in [6.45, 7) is 2.49. The molecule has 2 rings (SSSR count). The quantitative estimate of drug-likeness (QED) is 0.798. The van der Waals surface area contributed by atoms with Crippen molar-refractivity contribution < 1.29 is 14.3 Å². The zero-order valence-corrected chi connectivity index (χ0v) is 14.3. The van der Waals surface area contributed by atoms with Crippen LogP contribution < -0.4 is 10.9 Å². The first-order chi connectivity index (χ1) is 11.5. The molecule has 0 unspecified atom stereocenters. The maximum Gasteiger partial charge on any atom is 0.331 e. The lowest BCUT2D eigenvalue weighted by atomic mass is 9.81. The van der Waals surface area contributed by atoms with E-state index in [-0.39, 0.29) is 11.3 Å². The monoisotopic (exact) mass is 335 g/mol. The van der Waals surface area contributed by atoms with Crippen molar-refractivity contribution in [2.24, 2.45) is 0 Å². The van der Waals surface area contributed by atoms with E-state index in [0.29, 0.717) is 19.4 Å². The van der Waals surface area contributed by atoms with Gasteiger partial charge in [0.05, 0.1) is 7.11 Å². The fraction of sp³-hybridized carbons (Fsp3) is 0.647. The van der Waals surface area contributed by atoms with Crippen LogP contribution in [0.5, 0.6) is 0 Å². The zero-order valence-electron chi connectivity index (χ0n) is 14.3. The van der Waals surface area contributed by atoms with Crippen LogP contribution in [0, 0.1) is 0 Å². The minimum absolute atomic E-state index is 0.138. The van der Waals surface area contributed by atoms with Crippen molar-refractivity contribution >= 4 is 11.9 Å². The van der Waals surface area contributed by atoms with Gasteiger partial charge < -0.3 is 10.1 Å². The van der Waals surface area contributed by atoms with Crippen LogP contribution in [0.15, 0.2) is 16.9 Å². The van der Waals surface area contributed by atoms with Gasteiger partial charge in [0.2, 0.25) is 0 Å². The number of esters is 1. The van der Waals surface area contributed by atoms with Gasteiger partial charge in [-0.3, -0.25) is 9.59 Å². The SMILES string of the molecule is CCCCn1nc(C(=O)NC2(C(=O)OC)CCCCC2)ccc1=O. The maximum atomic E-state index is 12.6. The number of amides is 1. The highest BCUT2D eigenvalue weighted by atomic mass is 16.5. The molecule has 0 saturated heterocycles. The van der Waals surface area contributed by atoms with Crippen LogP contribution in [-0.2, 0) is 16.1 Å². The van der Waals surface area contributed by atoms with Gasteiger partial charge in [0.1, 0.15) is 11.2 Å². The third-order valence-corrected chi connectivity index (χ3v) is 4.46. The third-order valence-electron chi connectivity index (χ3n) is 4.46. The Morgan fingerprint density at radius 2 is 2.00 bits per heavy atom. The summed E-state index contributed by atoms with van der Waals surface area (Å²) >= 11 is 0. The summed E-state index contributed by atoms with van der Waals surface area (Å²) in [7, 11) is 1.33. The second-order valence-corrected chi connectivity index (χ2v) is 6.22. The molecule has 132 valence electrons. The van der Waals surface area contributed by atoms with E-state index < -0.39 is 17.4 Å². The number of methoxy groups -OCH3 is 1. The molecule has 24 heavy (non-hydrogen) atoms. The lowest BCUT2D eigenvalue weighted by Gasteiger charge is -2.35. The van der Waals surface area contributed by atoms with Gasteiger partial charge in [0, 0.05) is 12.6 Å². The number of carbonyl (C=O) groups is 2. The standard InChI is InChI=1S/C17H25N3O4/c1-3-4-12-20-14(21)9-8-13(19-20)15(22)18-17(16(23)24-2)10-6-5-7-11-17/h8-9H,3-7,10-12H2,1-2H3,(H,18,22). The molecule has 0 aromatic carbocycles. The Labute approximate surface area is 141 Å². The summed E-state index contributed by atoms with van der Waals surface area (Å²) in [5.74, 6) is -0.873. The van der Waals surface area contributed by atoms with Crippen molar-refractivity contribution in [1.82, 2.24) is 15.1 Å². The topological polar surface area (TPSA) is 90.3 Å². The number of rotatable bonds is 6. The first-order valence-corrected chi connectivity index (χ1v) is 8.51. The number of nitrogens with zero attached hydrogens (tertiary/aromatic N) is 2. The molecule has 0 radical (unpaired) electrons. The van der Waals surface area contributed by atoms with Crippen LogP contribution in [-0.4, -0.2) is 34.3 Å². The van der Waals surface area contributed by atoms with E-state index in [4.69, 9.17) is 4.74 Å². The Bertz CT molecular complexity index is 647. The van der Waals surface area contributed by atoms with Gasteiger partial charge in [-0.25, -0.2) is 9.48 Å². The molecule has 1 fully saturated rings. The Kier molecular flexibility index (Phi) is 6.11. The van der Waals surface area contributed by atoms with E-state index in [1.165, 1.54) is 23.9 Å². The Morgan fingerprint density at radius 1 is 1.29 bits per heavy atom. The third kappa shape index (κ3) is 4.01. The molecule has 0 bridgehead atoms. The predicted octanol–water partition coefficient (Wildman–Crippen LogP) is 1.65. The number of ether oxygens (including phenoxy) is 1. The number of aryl methyl sites for hydroxylation is 1. The average Bonchev–Trinajstić information content (AvgIpc) is 2.61. The zero-order chi connectivity index (χ0) is 17.6. The van der Waals surface area contributed by atoms with Gasteiger partial charge in [0.25, 0.3) is 11.5 Å². The molecule has 7 nitrogen and oxygen atoms in total. The molecule has 1 saturated carbocycles. The number of hydrogen-bond donors (Lipinski definition) is 1. The van der Waals surface area contributed by atoms with Gasteiger partial charge in [-0.2, -0.15) is 5.10 Å². The molecule has 1 aliphatic rings. The smallest absolute Gasteiger partial charge is 0.331 e. The van der Waals surface area contributed by atoms with Crippen molar-refractivity contribution in [3.8, 4) is 0 Å². The summed E-state index contributed by atoms with van der Waals surface area (Å²) in [6.07, 6.45) is 5.61. The van der Waals surface area contributed by atoms with Gasteiger partial charge in [-0.15, -0.1) is 0 Å². The Balaban J connectivity index is 2.21. The van der Waals surface area contributed by atoms with E-state index in [1.807, 2.05) is 6.92 Å². The molecule has 0 spiro atoms. The molecule has 1 aromatic heterocycles. The summed E-state index contributed by atoms with van der Waals surface area (Å²) in [4.78, 5) is 36.6. The fourth-order valence-corrected chi connectivity index (χ4v) is 3.05. The molecule has 0 aliphatic heterocycles. The average molecular weight is 335 g/mol. The molecular weight excluding hydrogens is 310 g/mol. The number of nitrogens with one attached hydrogen (secondary N) is 1. The molecule has 7 heteroatoms. The first kappa shape index (κ1) is 18.2. The molecule has 1 N–H and O–H groups in total. The van der Waals surface area contributed by atoms with Crippen molar-refractivity contribution in [3.05, 3.63) is 28.2 Å². The van der Waals surface area contributed by atoms with Crippen molar-refractivity contribution in [3.63, 3.8) is 0 Å².